The number of hydrogen-bond acceptors (Lipinski definition) is 3. The molecule has 0 aliphatic carbocycles. The predicted molar refractivity (Wildman–Crippen MR) is 79.4 cm³/mol. The first-order valence-corrected chi connectivity index (χ1v) is 7.71. The van der Waals surface area contributed by atoms with Crippen LogP contribution in [-0.4, -0.2) is 36.0 Å². The lowest BCUT2D eigenvalue weighted by Gasteiger charge is -2.32. The molecule has 5 heteroatoms. The number of nitrogens with two attached hydrogens (primary N) is 1. The normalized spacial score (nSPS) is 25.8. The minimum atomic E-state index is -0.595. The average molecular weight is 291 g/mol. The molecule has 2 saturated heterocycles. The van der Waals surface area contributed by atoms with Crippen molar-refractivity contribution in [2.24, 2.45) is 5.73 Å². The summed E-state index contributed by atoms with van der Waals surface area (Å²) < 4.78 is 14.0. The van der Waals surface area contributed by atoms with Gasteiger partial charge in [0.2, 0.25) is 5.91 Å². The zero-order chi connectivity index (χ0) is 14.8. The fourth-order valence-corrected chi connectivity index (χ4v) is 3.57. The van der Waals surface area contributed by atoms with E-state index in [1.54, 1.807) is 12.1 Å². The lowest BCUT2D eigenvalue weighted by molar-refractivity contribution is 0.1000. The second-order valence-corrected chi connectivity index (χ2v) is 6.05. The van der Waals surface area contributed by atoms with Crippen LogP contribution in [0.2, 0.25) is 0 Å². The fourth-order valence-electron chi connectivity index (χ4n) is 3.57. The van der Waals surface area contributed by atoms with E-state index < -0.39 is 5.91 Å². The first-order chi connectivity index (χ1) is 10.1. The molecule has 4 nitrogen and oxygen atoms in total. The lowest BCUT2D eigenvalue weighted by atomic mass is 9.99. The highest BCUT2D eigenvalue weighted by Gasteiger charge is 2.34. The van der Waals surface area contributed by atoms with Crippen LogP contribution in [0.25, 0.3) is 0 Å². The highest BCUT2D eigenvalue weighted by molar-refractivity contribution is 5.92. The molecule has 0 bridgehead atoms. The number of carbonyl (C=O) groups is 1. The second-order valence-electron chi connectivity index (χ2n) is 6.05. The molecule has 0 saturated carbocycles. The number of amides is 1. The number of benzene rings is 1. The summed E-state index contributed by atoms with van der Waals surface area (Å²) in [5.41, 5.74) is 5.96. The molecule has 2 atom stereocenters. The highest BCUT2D eigenvalue weighted by atomic mass is 19.1. The minimum absolute atomic E-state index is 0.218. The average Bonchev–Trinajstić information content (AvgIpc) is 2.89. The third-order valence-electron chi connectivity index (χ3n) is 4.75. The Labute approximate surface area is 124 Å². The van der Waals surface area contributed by atoms with Gasteiger partial charge in [-0.2, -0.15) is 0 Å². The maximum atomic E-state index is 14.0. The summed E-state index contributed by atoms with van der Waals surface area (Å²) in [6.45, 7) is 2.84. The summed E-state index contributed by atoms with van der Waals surface area (Å²) >= 11 is 0. The molecule has 2 unspecified atom stereocenters. The Balaban J connectivity index is 1.61. The van der Waals surface area contributed by atoms with Gasteiger partial charge in [-0.15, -0.1) is 0 Å². The number of carbonyl (C=O) groups excluding carboxylic acids is 1. The van der Waals surface area contributed by atoms with Gasteiger partial charge in [-0.25, -0.2) is 4.39 Å². The molecule has 2 aliphatic rings. The quantitative estimate of drug-likeness (QED) is 0.886. The van der Waals surface area contributed by atoms with Crippen molar-refractivity contribution in [3.63, 3.8) is 0 Å². The molecule has 114 valence electrons. The van der Waals surface area contributed by atoms with Crippen molar-refractivity contribution in [3.05, 3.63) is 35.1 Å². The number of hydrogen-bond donors (Lipinski definition) is 2. The van der Waals surface area contributed by atoms with Crippen LogP contribution in [0.5, 0.6) is 0 Å². The second kappa shape index (κ2) is 6.12. The Kier molecular flexibility index (Phi) is 4.22. The molecule has 0 spiro atoms. The van der Waals surface area contributed by atoms with E-state index in [9.17, 15) is 9.18 Å². The number of fused-ring (bicyclic) bond motifs is 1. The molecular weight excluding hydrogens is 269 g/mol. The lowest BCUT2D eigenvalue weighted by Crippen LogP contribution is -2.44. The number of nitrogens with one attached hydrogen (secondary N) is 1. The van der Waals surface area contributed by atoms with E-state index >= 15 is 0 Å². The SMILES string of the molecule is NC(=O)c1ccc(CNC2CCN3CCCCC23)c(F)c1. The summed E-state index contributed by atoms with van der Waals surface area (Å²) in [6, 6.07) is 5.51. The van der Waals surface area contributed by atoms with Gasteiger partial charge in [-0.3, -0.25) is 9.69 Å². The molecule has 0 aromatic heterocycles. The van der Waals surface area contributed by atoms with Gasteiger partial charge in [0.15, 0.2) is 0 Å². The molecule has 2 aliphatic heterocycles. The van der Waals surface area contributed by atoms with Crippen molar-refractivity contribution < 1.29 is 9.18 Å². The minimum Gasteiger partial charge on any atom is -0.366 e. The van der Waals surface area contributed by atoms with Crippen LogP contribution in [-0.2, 0) is 6.54 Å². The number of primary amides is 1. The van der Waals surface area contributed by atoms with Crippen molar-refractivity contribution >= 4 is 5.91 Å². The monoisotopic (exact) mass is 291 g/mol. The van der Waals surface area contributed by atoms with Crippen LogP contribution in [0, 0.1) is 5.82 Å². The topological polar surface area (TPSA) is 58.4 Å². The standard InChI is InChI=1S/C16H22FN3O/c17-13-9-11(16(18)21)4-5-12(13)10-19-14-6-8-20-7-2-1-3-15(14)20/h4-5,9,14-15,19H,1-3,6-8,10H2,(H2,18,21). The molecule has 3 rings (SSSR count). The van der Waals surface area contributed by atoms with E-state index in [1.807, 2.05) is 0 Å². The van der Waals surface area contributed by atoms with Crippen LogP contribution in [0.4, 0.5) is 4.39 Å². The Morgan fingerprint density at radius 2 is 2.19 bits per heavy atom. The molecule has 2 heterocycles. The van der Waals surface area contributed by atoms with E-state index in [0.717, 1.165) is 13.0 Å². The van der Waals surface area contributed by atoms with Crippen molar-refractivity contribution in [2.45, 2.75) is 44.3 Å². The Hall–Kier alpha value is -1.46. The van der Waals surface area contributed by atoms with Gasteiger partial charge >= 0.3 is 0 Å². The van der Waals surface area contributed by atoms with Gasteiger partial charge in [0.25, 0.3) is 0 Å². The third kappa shape index (κ3) is 3.09. The van der Waals surface area contributed by atoms with E-state index in [0.29, 0.717) is 24.2 Å². The molecule has 21 heavy (non-hydrogen) atoms. The molecular formula is C16H22FN3O. The van der Waals surface area contributed by atoms with Gasteiger partial charge in [-0.05, 0) is 37.9 Å². The maximum Gasteiger partial charge on any atom is 0.248 e. The number of halogens is 1. The van der Waals surface area contributed by atoms with Crippen LogP contribution in [0.3, 0.4) is 0 Å². The van der Waals surface area contributed by atoms with E-state index in [-0.39, 0.29) is 11.4 Å². The molecule has 2 fully saturated rings. The predicted octanol–water partition coefficient (Wildman–Crippen LogP) is 1.64. The molecule has 3 N–H and O–H groups in total. The fraction of sp³-hybridized carbons (Fsp3) is 0.562. The largest absolute Gasteiger partial charge is 0.366 e. The summed E-state index contributed by atoms with van der Waals surface area (Å²) in [4.78, 5) is 13.6. The smallest absolute Gasteiger partial charge is 0.248 e. The first kappa shape index (κ1) is 14.5. The van der Waals surface area contributed by atoms with Crippen LogP contribution in [0.1, 0.15) is 41.6 Å². The van der Waals surface area contributed by atoms with Crippen molar-refractivity contribution in [1.29, 1.82) is 0 Å². The molecule has 1 amide bonds. The zero-order valence-electron chi connectivity index (χ0n) is 12.1. The van der Waals surface area contributed by atoms with Crippen LogP contribution in [0.15, 0.2) is 18.2 Å². The maximum absolute atomic E-state index is 14.0. The van der Waals surface area contributed by atoms with Gasteiger partial charge in [0.1, 0.15) is 5.82 Å². The Morgan fingerprint density at radius 1 is 1.33 bits per heavy atom. The van der Waals surface area contributed by atoms with Crippen LogP contribution < -0.4 is 11.1 Å². The Bertz CT molecular complexity index is 534. The molecule has 0 radical (unpaired) electrons. The van der Waals surface area contributed by atoms with Gasteiger partial charge < -0.3 is 11.1 Å². The van der Waals surface area contributed by atoms with Gasteiger partial charge in [0.05, 0.1) is 0 Å². The summed E-state index contributed by atoms with van der Waals surface area (Å²) in [5, 5.41) is 3.49. The van der Waals surface area contributed by atoms with E-state index in [1.165, 1.54) is 31.9 Å². The van der Waals surface area contributed by atoms with Crippen LogP contribution >= 0.6 is 0 Å². The van der Waals surface area contributed by atoms with Crippen molar-refractivity contribution in [3.8, 4) is 0 Å². The third-order valence-corrected chi connectivity index (χ3v) is 4.75. The Morgan fingerprint density at radius 3 is 2.95 bits per heavy atom. The molecule has 1 aromatic carbocycles. The summed E-state index contributed by atoms with van der Waals surface area (Å²) in [6.07, 6.45) is 4.96. The summed E-state index contributed by atoms with van der Waals surface area (Å²) in [7, 11) is 0. The van der Waals surface area contributed by atoms with E-state index in [4.69, 9.17) is 5.73 Å². The number of nitrogens with zero attached hydrogens (tertiary/aromatic N) is 1. The van der Waals surface area contributed by atoms with E-state index in [2.05, 4.69) is 10.2 Å². The number of rotatable bonds is 4. The number of piperidine rings is 1. The highest BCUT2D eigenvalue weighted by Crippen LogP contribution is 2.27. The van der Waals surface area contributed by atoms with Gasteiger partial charge in [0, 0.05) is 36.3 Å². The van der Waals surface area contributed by atoms with Crippen molar-refractivity contribution in [1.82, 2.24) is 10.2 Å². The van der Waals surface area contributed by atoms with Gasteiger partial charge in [-0.1, -0.05) is 12.5 Å². The molecule has 1 aromatic rings. The summed E-state index contributed by atoms with van der Waals surface area (Å²) in [5.74, 6) is -0.959. The van der Waals surface area contributed by atoms with Crippen molar-refractivity contribution in [2.75, 3.05) is 13.1 Å². The first-order valence-electron chi connectivity index (χ1n) is 7.71. The zero-order valence-corrected chi connectivity index (χ0v) is 12.1.